The fourth-order valence-electron chi connectivity index (χ4n) is 2.18. The molecule has 1 saturated carbocycles. The lowest BCUT2D eigenvalue weighted by molar-refractivity contribution is -0.0315. The minimum Gasteiger partial charge on any atom is -0.496 e. The van der Waals surface area contributed by atoms with E-state index in [1.165, 1.54) is 0 Å². The largest absolute Gasteiger partial charge is 0.496 e. The summed E-state index contributed by atoms with van der Waals surface area (Å²) in [6, 6.07) is 7.47. The zero-order valence-corrected chi connectivity index (χ0v) is 10.6. The smallest absolute Gasteiger partial charge is 0.123 e. The normalized spacial score (nSPS) is 16.7. The molecule has 0 radical (unpaired) electrons. The highest BCUT2D eigenvalue weighted by atomic mass is 16.5. The van der Waals surface area contributed by atoms with Crippen LogP contribution in [-0.4, -0.2) is 24.4 Å². The molecule has 0 amide bonds. The molecule has 0 heterocycles. The Kier molecular flexibility index (Phi) is 3.85. The van der Waals surface area contributed by atoms with Gasteiger partial charge in [-0.2, -0.15) is 5.26 Å². The summed E-state index contributed by atoms with van der Waals surface area (Å²) in [7, 11) is 1.62. The van der Waals surface area contributed by atoms with E-state index in [4.69, 9.17) is 10.00 Å². The first-order valence-corrected chi connectivity index (χ1v) is 6.17. The molecule has 96 valence electrons. The number of aliphatic hydroxyl groups is 1. The molecule has 1 aliphatic carbocycles. The van der Waals surface area contributed by atoms with Crippen LogP contribution in [0, 0.1) is 11.3 Å². The molecule has 1 aromatic carbocycles. The predicted molar refractivity (Wildman–Crippen MR) is 68.2 cm³/mol. The van der Waals surface area contributed by atoms with E-state index in [1.807, 2.05) is 6.07 Å². The van der Waals surface area contributed by atoms with Gasteiger partial charge in [0.15, 0.2) is 0 Å². The van der Waals surface area contributed by atoms with Crippen molar-refractivity contribution in [1.82, 2.24) is 5.32 Å². The highest BCUT2D eigenvalue weighted by molar-refractivity contribution is 5.41. The molecule has 1 aliphatic rings. The van der Waals surface area contributed by atoms with Gasteiger partial charge in [-0.15, -0.1) is 0 Å². The van der Waals surface area contributed by atoms with Crippen LogP contribution in [0.5, 0.6) is 5.75 Å². The summed E-state index contributed by atoms with van der Waals surface area (Å²) in [6.45, 7) is 1.19. The first-order valence-electron chi connectivity index (χ1n) is 6.17. The maximum absolute atomic E-state index is 9.97. The van der Waals surface area contributed by atoms with Crippen molar-refractivity contribution in [3.8, 4) is 11.8 Å². The predicted octanol–water partition coefficient (Wildman–Crippen LogP) is 1.57. The van der Waals surface area contributed by atoms with Gasteiger partial charge in [0.2, 0.25) is 0 Å². The van der Waals surface area contributed by atoms with Crippen molar-refractivity contribution in [2.24, 2.45) is 0 Å². The Labute approximate surface area is 107 Å². The monoisotopic (exact) mass is 246 g/mol. The number of methoxy groups -OCH3 is 1. The molecule has 2 rings (SSSR count). The van der Waals surface area contributed by atoms with Crippen LogP contribution >= 0.6 is 0 Å². The van der Waals surface area contributed by atoms with Crippen LogP contribution in [-0.2, 0) is 6.54 Å². The number of nitrogens with zero attached hydrogens (tertiary/aromatic N) is 1. The molecular weight excluding hydrogens is 228 g/mol. The average Bonchev–Trinajstić information content (AvgIpc) is 2.36. The number of rotatable bonds is 5. The van der Waals surface area contributed by atoms with E-state index in [0.717, 1.165) is 30.6 Å². The lowest BCUT2D eigenvalue weighted by Gasteiger charge is -2.36. The number of ether oxygens (including phenoxy) is 1. The second kappa shape index (κ2) is 5.38. The number of benzene rings is 1. The molecule has 0 saturated heterocycles. The molecule has 2 N–H and O–H groups in total. The highest BCUT2D eigenvalue weighted by Crippen LogP contribution is 2.30. The molecule has 0 bridgehead atoms. The van der Waals surface area contributed by atoms with Gasteiger partial charge in [-0.05, 0) is 37.5 Å². The van der Waals surface area contributed by atoms with Crippen LogP contribution in [0.25, 0.3) is 0 Å². The minimum absolute atomic E-state index is 0.528. The van der Waals surface area contributed by atoms with Gasteiger partial charge in [-0.25, -0.2) is 0 Å². The van der Waals surface area contributed by atoms with Gasteiger partial charge in [-0.1, -0.05) is 0 Å². The van der Waals surface area contributed by atoms with Crippen LogP contribution in [0.2, 0.25) is 0 Å². The summed E-state index contributed by atoms with van der Waals surface area (Å²) < 4.78 is 5.26. The average molecular weight is 246 g/mol. The van der Waals surface area contributed by atoms with E-state index in [0.29, 0.717) is 18.7 Å². The highest BCUT2D eigenvalue weighted by Gasteiger charge is 2.33. The van der Waals surface area contributed by atoms with Gasteiger partial charge in [0, 0.05) is 18.7 Å². The van der Waals surface area contributed by atoms with Crippen molar-refractivity contribution < 1.29 is 9.84 Å². The summed E-state index contributed by atoms with van der Waals surface area (Å²) in [6.07, 6.45) is 2.84. The van der Waals surface area contributed by atoms with Crippen molar-refractivity contribution in [2.75, 3.05) is 13.7 Å². The molecular formula is C14H18N2O2. The summed E-state index contributed by atoms with van der Waals surface area (Å²) in [5, 5.41) is 22.1. The van der Waals surface area contributed by atoms with Gasteiger partial charge in [0.25, 0.3) is 0 Å². The Balaban J connectivity index is 1.97. The third kappa shape index (κ3) is 2.81. The topological polar surface area (TPSA) is 65.3 Å². The van der Waals surface area contributed by atoms with Gasteiger partial charge in [0.1, 0.15) is 5.75 Å². The summed E-state index contributed by atoms with van der Waals surface area (Å²) >= 11 is 0. The van der Waals surface area contributed by atoms with E-state index in [-0.39, 0.29) is 0 Å². The molecule has 0 spiro atoms. The first-order chi connectivity index (χ1) is 8.67. The Morgan fingerprint density at radius 3 is 2.83 bits per heavy atom. The van der Waals surface area contributed by atoms with E-state index in [1.54, 1.807) is 19.2 Å². The zero-order chi connectivity index (χ0) is 13.0. The fraction of sp³-hybridized carbons (Fsp3) is 0.500. The van der Waals surface area contributed by atoms with Crippen molar-refractivity contribution in [3.05, 3.63) is 29.3 Å². The van der Waals surface area contributed by atoms with Crippen LogP contribution in [0.4, 0.5) is 0 Å². The van der Waals surface area contributed by atoms with E-state index in [2.05, 4.69) is 11.4 Å². The van der Waals surface area contributed by atoms with Gasteiger partial charge in [-0.3, -0.25) is 0 Å². The summed E-state index contributed by atoms with van der Waals surface area (Å²) in [5.41, 5.74) is 1.04. The molecule has 0 unspecified atom stereocenters. The molecule has 1 aromatic rings. The van der Waals surface area contributed by atoms with E-state index >= 15 is 0 Å². The number of nitrogens with one attached hydrogen (secondary N) is 1. The van der Waals surface area contributed by atoms with Gasteiger partial charge < -0.3 is 15.2 Å². The van der Waals surface area contributed by atoms with Crippen molar-refractivity contribution in [1.29, 1.82) is 5.26 Å². The van der Waals surface area contributed by atoms with Crippen LogP contribution in [0.15, 0.2) is 18.2 Å². The SMILES string of the molecule is COc1ccc(C#N)cc1CNCC1(O)CCC1. The first kappa shape index (κ1) is 12.9. The maximum atomic E-state index is 9.97. The maximum Gasteiger partial charge on any atom is 0.123 e. The molecule has 1 fully saturated rings. The standard InChI is InChI=1S/C14H18N2O2/c1-18-13-4-3-11(8-15)7-12(13)9-16-10-14(17)5-2-6-14/h3-4,7,16-17H,2,5-6,9-10H2,1H3. The van der Waals surface area contributed by atoms with Gasteiger partial charge >= 0.3 is 0 Å². The molecule has 0 aliphatic heterocycles. The molecule has 0 aromatic heterocycles. The minimum atomic E-state index is -0.528. The Hall–Kier alpha value is -1.57. The van der Waals surface area contributed by atoms with Crippen LogP contribution in [0.3, 0.4) is 0 Å². The lowest BCUT2D eigenvalue weighted by Crippen LogP contribution is -2.46. The summed E-state index contributed by atoms with van der Waals surface area (Å²) in [4.78, 5) is 0. The van der Waals surface area contributed by atoms with Crippen molar-refractivity contribution in [3.63, 3.8) is 0 Å². The quantitative estimate of drug-likeness (QED) is 0.827. The Morgan fingerprint density at radius 1 is 1.50 bits per heavy atom. The fourth-order valence-corrected chi connectivity index (χ4v) is 2.18. The van der Waals surface area contributed by atoms with Crippen molar-refractivity contribution >= 4 is 0 Å². The lowest BCUT2D eigenvalue weighted by atomic mass is 9.80. The molecule has 4 nitrogen and oxygen atoms in total. The number of nitriles is 1. The number of hydrogen-bond donors (Lipinski definition) is 2. The van der Waals surface area contributed by atoms with E-state index in [9.17, 15) is 5.11 Å². The second-order valence-electron chi connectivity index (χ2n) is 4.82. The third-order valence-electron chi connectivity index (χ3n) is 3.46. The van der Waals surface area contributed by atoms with Crippen LogP contribution in [0.1, 0.15) is 30.4 Å². The third-order valence-corrected chi connectivity index (χ3v) is 3.46. The van der Waals surface area contributed by atoms with Gasteiger partial charge in [0.05, 0.1) is 24.3 Å². The zero-order valence-electron chi connectivity index (χ0n) is 10.6. The Morgan fingerprint density at radius 2 is 2.28 bits per heavy atom. The molecule has 0 atom stereocenters. The second-order valence-corrected chi connectivity index (χ2v) is 4.82. The van der Waals surface area contributed by atoms with Crippen molar-refractivity contribution in [2.45, 2.75) is 31.4 Å². The van der Waals surface area contributed by atoms with Crippen LogP contribution < -0.4 is 10.1 Å². The summed E-state index contributed by atoms with van der Waals surface area (Å²) in [5.74, 6) is 0.766. The Bertz CT molecular complexity index is 461. The molecule has 18 heavy (non-hydrogen) atoms. The molecule has 4 heteroatoms. The number of hydrogen-bond acceptors (Lipinski definition) is 4. The van der Waals surface area contributed by atoms with E-state index < -0.39 is 5.60 Å².